The zero-order chi connectivity index (χ0) is 13.2. The quantitative estimate of drug-likeness (QED) is 0.790. The first kappa shape index (κ1) is 13.5. The highest BCUT2D eigenvalue weighted by molar-refractivity contribution is 5.83. The van der Waals surface area contributed by atoms with E-state index < -0.39 is 28.9 Å². The molecule has 0 aliphatic heterocycles. The fourth-order valence-electron chi connectivity index (χ4n) is 1.10. The minimum atomic E-state index is -1.25. The van der Waals surface area contributed by atoms with Crippen LogP contribution in [0.25, 0.3) is 0 Å². The van der Waals surface area contributed by atoms with Crippen molar-refractivity contribution in [2.24, 2.45) is 5.73 Å². The molecule has 0 unspecified atom stereocenters. The highest BCUT2D eigenvalue weighted by Crippen LogP contribution is 2.14. The molecule has 0 aliphatic carbocycles. The van der Waals surface area contributed by atoms with Crippen LogP contribution in [0.3, 0.4) is 0 Å². The summed E-state index contributed by atoms with van der Waals surface area (Å²) in [6, 6.07) is 1.21. The number of benzene rings is 1. The van der Waals surface area contributed by atoms with Gasteiger partial charge in [-0.3, -0.25) is 10.1 Å². The summed E-state index contributed by atoms with van der Waals surface area (Å²) in [5.74, 6) is -3.89. The molecule has 0 spiro atoms. The van der Waals surface area contributed by atoms with Gasteiger partial charge in [0.2, 0.25) is 5.91 Å². The molecule has 6 heteroatoms. The van der Waals surface area contributed by atoms with E-state index in [2.05, 4.69) is 5.32 Å². The number of nitrogens with one attached hydrogen (secondary N) is 1. The maximum absolute atomic E-state index is 13.2. The number of hydrogen-bond donors (Lipinski definition) is 2. The van der Waals surface area contributed by atoms with Gasteiger partial charge in [0.05, 0.1) is 5.54 Å². The average molecular weight is 246 g/mol. The van der Waals surface area contributed by atoms with Gasteiger partial charge in [0.25, 0.3) is 0 Å². The van der Waals surface area contributed by atoms with E-state index in [0.717, 1.165) is 6.07 Å². The van der Waals surface area contributed by atoms with Crippen molar-refractivity contribution in [1.29, 1.82) is 0 Å². The summed E-state index contributed by atoms with van der Waals surface area (Å²) in [5, 5.41) is 2.66. The van der Waals surface area contributed by atoms with Crippen LogP contribution in [0.4, 0.5) is 13.2 Å². The van der Waals surface area contributed by atoms with Crippen LogP contribution in [0.1, 0.15) is 19.4 Å². The van der Waals surface area contributed by atoms with E-state index in [1.165, 1.54) is 13.8 Å². The number of nitrogens with two attached hydrogens (primary N) is 1. The lowest BCUT2D eigenvalue weighted by Crippen LogP contribution is -2.50. The first-order valence-corrected chi connectivity index (χ1v) is 4.92. The lowest BCUT2D eigenvalue weighted by atomic mass is 10.0. The number of primary amides is 1. The molecule has 17 heavy (non-hydrogen) atoms. The van der Waals surface area contributed by atoms with Crippen molar-refractivity contribution in [3.8, 4) is 0 Å². The predicted molar refractivity (Wildman–Crippen MR) is 56.4 cm³/mol. The van der Waals surface area contributed by atoms with E-state index in [1.54, 1.807) is 0 Å². The molecule has 0 atom stereocenters. The minimum Gasteiger partial charge on any atom is -0.368 e. The molecule has 3 nitrogen and oxygen atoms in total. The smallest absolute Gasteiger partial charge is 0.237 e. The highest BCUT2D eigenvalue weighted by atomic mass is 19.2. The van der Waals surface area contributed by atoms with E-state index >= 15 is 0 Å². The number of hydrogen-bond acceptors (Lipinski definition) is 2. The minimum absolute atomic E-state index is 0.0711. The normalized spacial score (nSPS) is 11.6. The largest absolute Gasteiger partial charge is 0.368 e. The third-order valence-electron chi connectivity index (χ3n) is 2.43. The molecule has 0 heterocycles. The lowest BCUT2D eigenvalue weighted by molar-refractivity contribution is -0.123. The zero-order valence-corrected chi connectivity index (χ0v) is 9.48. The Balaban J connectivity index is 2.83. The van der Waals surface area contributed by atoms with Gasteiger partial charge in [-0.2, -0.15) is 0 Å². The number of amides is 1. The summed E-state index contributed by atoms with van der Waals surface area (Å²) in [7, 11) is 0. The standard InChI is InChI=1S/C11H13F3N2O/c1-11(2,10(15)17)16-5-6-3-8(13)9(14)4-7(6)12/h3-4,16H,5H2,1-2H3,(H2,15,17). The molecule has 0 saturated heterocycles. The average Bonchev–Trinajstić information content (AvgIpc) is 2.21. The lowest BCUT2D eigenvalue weighted by Gasteiger charge is -2.22. The van der Waals surface area contributed by atoms with Crippen LogP contribution in [-0.2, 0) is 11.3 Å². The second-order valence-corrected chi connectivity index (χ2v) is 4.20. The Morgan fingerprint density at radius 1 is 1.24 bits per heavy atom. The number of carbonyl (C=O) groups excluding carboxylic acids is 1. The summed E-state index contributed by atoms with van der Waals surface area (Å²) in [6.45, 7) is 2.89. The second-order valence-electron chi connectivity index (χ2n) is 4.20. The van der Waals surface area contributed by atoms with Gasteiger partial charge in [-0.1, -0.05) is 0 Å². The van der Waals surface area contributed by atoms with Gasteiger partial charge in [0.15, 0.2) is 11.6 Å². The van der Waals surface area contributed by atoms with Crippen molar-refractivity contribution in [3.63, 3.8) is 0 Å². The van der Waals surface area contributed by atoms with Crippen molar-refractivity contribution in [2.45, 2.75) is 25.9 Å². The summed E-state index contributed by atoms with van der Waals surface area (Å²) < 4.78 is 38.8. The van der Waals surface area contributed by atoms with Crippen LogP contribution in [0, 0.1) is 17.5 Å². The summed E-state index contributed by atoms with van der Waals surface area (Å²) >= 11 is 0. The Labute approximate surface area is 96.8 Å². The van der Waals surface area contributed by atoms with Gasteiger partial charge < -0.3 is 5.73 Å². The second kappa shape index (κ2) is 4.75. The predicted octanol–water partition coefficient (Wildman–Crippen LogP) is 1.46. The topological polar surface area (TPSA) is 55.1 Å². The molecule has 1 amide bonds. The molecule has 94 valence electrons. The summed E-state index contributed by atoms with van der Waals surface area (Å²) in [6.07, 6.45) is 0. The molecule has 0 radical (unpaired) electrons. The van der Waals surface area contributed by atoms with Crippen molar-refractivity contribution in [3.05, 3.63) is 35.1 Å². The van der Waals surface area contributed by atoms with Gasteiger partial charge >= 0.3 is 0 Å². The molecule has 0 aliphatic rings. The van der Waals surface area contributed by atoms with E-state index in [0.29, 0.717) is 6.07 Å². The SMILES string of the molecule is CC(C)(NCc1cc(F)c(F)cc1F)C(N)=O. The maximum Gasteiger partial charge on any atom is 0.237 e. The zero-order valence-electron chi connectivity index (χ0n) is 9.48. The highest BCUT2D eigenvalue weighted by Gasteiger charge is 2.24. The number of rotatable bonds is 4. The molecule has 1 aromatic carbocycles. The van der Waals surface area contributed by atoms with Crippen molar-refractivity contribution >= 4 is 5.91 Å². The Bertz CT molecular complexity index is 447. The fourth-order valence-corrected chi connectivity index (χ4v) is 1.10. The van der Waals surface area contributed by atoms with Gasteiger partial charge in [0.1, 0.15) is 5.82 Å². The van der Waals surface area contributed by atoms with E-state index in [4.69, 9.17) is 5.73 Å². The molecule has 0 aromatic heterocycles. The fraction of sp³-hybridized carbons (Fsp3) is 0.364. The van der Waals surface area contributed by atoms with E-state index in [-0.39, 0.29) is 12.1 Å². The van der Waals surface area contributed by atoms with Gasteiger partial charge in [0, 0.05) is 18.2 Å². The van der Waals surface area contributed by atoms with E-state index in [9.17, 15) is 18.0 Å². The third-order valence-corrected chi connectivity index (χ3v) is 2.43. The Kier molecular flexibility index (Phi) is 3.77. The molecule has 0 bridgehead atoms. The van der Waals surface area contributed by atoms with Crippen LogP contribution < -0.4 is 11.1 Å². The molecular weight excluding hydrogens is 233 g/mol. The van der Waals surface area contributed by atoms with Crippen LogP contribution in [0.2, 0.25) is 0 Å². The van der Waals surface area contributed by atoms with Crippen LogP contribution in [-0.4, -0.2) is 11.4 Å². The molecular formula is C11H13F3N2O. The number of halogens is 3. The van der Waals surface area contributed by atoms with Crippen molar-refractivity contribution in [2.75, 3.05) is 0 Å². The Morgan fingerprint density at radius 2 is 1.76 bits per heavy atom. The summed E-state index contributed by atoms with van der Waals surface area (Å²) in [4.78, 5) is 11.0. The molecule has 0 saturated carbocycles. The Hall–Kier alpha value is -1.56. The molecule has 1 aromatic rings. The molecule has 3 N–H and O–H groups in total. The van der Waals surface area contributed by atoms with Gasteiger partial charge in [-0.15, -0.1) is 0 Å². The first-order chi connectivity index (χ1) is 7.74. The Morgan fingerprint density at radius 3 is 2.29 bits per heavy atom. The van der Waals surface area contributed by atoms with E-state index in [1.807, 2.05) is 0 Å². The molecule has 1 rings (SSSR count). The number of carbonyl (C=O) groups is 1. The first-order valence-electron chi connectivity index (χ1n) is 4.92. The van der Waals surface area contributed by atoms with Crippen molar-refractivity contribution < 1.29 is 18.0 Å². The monoisotopic (exact) mass is 246 g/mol. The summed E-state index contributed by atoms with van der Waals surface area (Å²) in [5.41, 5.74) is 3.97. The van der Waals surface area contributed by atoms with Gasteiger partial charge in [-0.25, -0.2) is 13.2 Å². The molecule has 0 fully saturated rings. The third kappa shape index (κ3) is 3.20. The van der Waals surface area contributed by atoms with Crippen molar-refractivity contribution in [1.82, 2.24) is 5.32 Å². The van der Waals surface area contributed by atoms with Crippen LogP contribution >= 0.6 is 0 Å². The van der Waals surface area contributed by atoms with Crippen LogP contribution in [0.5, 0.6) is 0 Å². The maximum atomic E-state index is 13.2. The van der Waals surface area contributed by atoms with Crippen LogP contribution in [0.15, 0.2) is 12.1 Å². The van der Waals surface area contributed by atoms with Gasteiger partial charge in [-0.05, 0) is 19.9 Å².